The van der Waals surface area contributed by atoms with Crippen LogP contribution in [-0.2, 0) is 14.1 Å². The van der Waals surface area contributed by atoms with E-state index in [0.717, 1.165) is 74.5 Å². The van der Waals surface area contributed by atoms with Gasteiger partial charge < -0.3 is 19.4 Å². The zero-order chi connectivity index (χ0) is 28.9. The summed E-state index contributed by atoms with van der Waals surface area (Å²) in [6.45, 7) is 0. The molecule has 0 saturated heterocycles. The first-order valence-electron chi connectivity index (χ1n) is 13.2. The van der Waals surface area contributed by atoms with Crippen LogP contribution in [-0.4, -0.2) is 54.8 Å². The van der Waals surface area contributed by atoms with Crippen LogP contribution < -0.4 is 20.7 Å². The number of aromatic amines is 2. The third kappa shape index (κ3) is 6.23. The van der Waals surface area contributed by atoms with Gasteiger partial charge in [-0.05, 0) is 61.4 Å². The van der Waals surface area contributed by atoms with Crippen molar-refractivity contribution in [1.29, 1.82) is 0 Å². The van der Waals surface area contributed by atoms with Crippen molar-refractivity contribution in [2.24, 2.45) is 14.1 Å². The van der Waals surface area contributed by atoms with Gasteiger partial charge in [-0.1, -0.05) is 29.9 Å². The van der Waals surface area contributed by atoms with Crippen LogP contribution in [0.1, 0.15) is 19.3 Å². The number of aryl methyl sites for hydroxylation is 1. The second kappa shape index (κ2) is 12.7. The fourth-order valence-electron chi connectivity index (χ4n) is 4.44. The highest BCUT2D eigenvalue weighted by atomic mass is 32.2. The number of methoxy groups -OCH3 is 2. The maximum absolute atomic E-state index is 12.4. The van der Waals surface area contributed by atoms with Crippen LogP contribution in [0, 0.1) is 0 Å². The fourth-order valence-corrected chi connectivity index (χ4v) is 6.17. The molecule has 0 amide bonds. The van der Waals surface area contributed by atoms with E-state index in [1.807, 2.05) is 48.5 Å². The minimum Gasteiger partial charge on any atom is -0.497 e. The maximum Gasteiger partial charge on any atom is 0.332 e. The van der Waals surface area contributed by atoms with Crippen molar-refractivity contribution in [3.63, 3.8) is 0 Å². The number of fused-ring (bicyclic) bond motifs is 1. The van der Waals surface area contributed by atoms with Gasteiger partial charge in [0.2, 0.25) is 0 Å². The summed E-state index contributed by atoms with van der Waals surface area (Å²) in [7, 11) is 6.41. The Balaban J connectivity index is 1.18. The minimum absolute atomic E-state index is 0.356. The van der Waals surface area contributed by atoms with E-state index in [2.05, 4.69) is 15.0 Å². The monoisotopic (exact) mass is 592 g/mol. The van der Waals surface area contributed by atoms with E-state index in [0.29, 0.717) is 16.3 Å². The summed E-state index contributed by atoms with van der Waals surface area (Å²) in [5.74, 6) is 3.41. The predicted molar refractivity (Wildman–Crippen MR) is 164 cm³/mol. The Morgan fingerprint density at radius 2 is 1.29 bits per heavy atom. The fraction of sp³-hybridized carbons (Fsp3) is 0.310. The number of hydrogen-bond donors (Lipinski definition) is 2. The summed E-state index contributed by atoms with van der Waals surface area (Å²) in [6, 6.07) is 15.9. The molecule has 41 heavy (non-hydrogen) atoms. The van der Waals surface area contributed by atoms with Crippen molar-refractivity contribution in [3.05, 3.63) is 69.4 Å². The molecule has 0 atom stereocenters. The first kappa shape index (κ1) is 28.6. The van der Waals surface area contributed by atoms with Crippen LogP contribution in [0.25, 0.3) is 33.7 Å². The number of ether oxygens (including phenoxy) is 2. The lowest BCUT2D eigenvalue weighted by molar-refractivity contribution is 0.414. The zero-order valence-electron chi connectivity index (χ0n) is 23.4. The van der Waals surface area contributed by atoms with Gasteiger partial charge in [0.1, 0.15) is 11.5 Å². The Morgan fingerprint density at radius 1 is 0.732 bits per heavy atom. The van der Waals surface area contributed by atoms with Gasteiger partial charge in [0.05, 0.1) is 25.6 Å². The number of rotatable bonds is 12. The highest BCUT2D eigenvalue weighted by Crippen LogP contribution is 2.34. The van der Waals surface area contributed by atoms with Crippen molar-refractivity contribution in [1.82, 2.24) is 29.1 Å². The van der Waals surface area contributed by atoms with Crippen LogP contribution in [0.3, 0.4) is 0 Å². The van der Waals surface area contributed by atoms with E-state index >= 15 is 0 Å². The quantitative estimate of drug-likeness (QED) is 0.152. The molecule has 0 spiro atoms. The van der Waals surface area contributed by atoms with Gasteiger partial charge in [-0.3, -0.25) is 13.9 Å². The van der Waals surface area contributed by atoms with Crippen molar-refractivity contribution in [2.75, 3.05) is 25.7 Å². The molecule has 10 nitrogen and oxygen atoms in total. The number of aromatic nitrogens is 6. The molecule has 0 aliphatic heterocycles. The van der Waals surface area contributed by atoms with E-state index < -0.39 is 0 Å². The average Bonchev–Trinajstić information content (AvgIpc) is 3.64. The molecule has 0 saturated carbocycles. The minimum atomic E-state index is -0.383. The summed E-state index contributed by atoms with van der Waals surface area (Å²) in [5.41, 5.74) is 3.92. The SMILES string of the molecule is COc1ccc(-c2nc(SCCCCCSc3nc4c([nH]3)c(=O)n(C)c(=O)n4C)[nH]c2-c2ccc(OC)cc2)cc1. The highest BCUT2D eigenvalue weighted by Gasteiger charge is 2.16. The topological polar surface area (TPSA) is 120 Å². The molecule has 3 heterocycles. The first-order valence-corrected chi connectivity index (χ1v) is 15.2. The number of unbranched alkanes of at least 4 members (excludes halogenated alkanes) is 2. The standard InChI is InChI=1S/C29H32N6O4S2/c1-34-25-24(26(36)35(2)29(34)37)32-28(33-25)41-17-7-5-6-16-40-27-30-22(18-8-12-20(38-3)13-9-18)23(31-27)19-10-14-21(39-4)15-11-19/h8-15H,5-7,16-17H2,1-4H3,(H,30,31)(H,32,33). The number of imidazole rings is 2. The van der Waals surface area contributed by atoms with Crippen LogP contribution in [0.4, 0.5) is 0 Å². The van der Waals surface area contributed by atoms with Gasteiger partial charge in [-0.15, -0.1) is 0 Å². The van der Waals surface area contributed by atoms with Crippen molar-refractivity contribution in [3.8, 4) is 34.0 Å². The number of H-pyrrole nitrogens is 2. The predicted octanol–water partition coefficient (Wildman–Crippen LogP) is 5.09. The van der Waals surface area contributed by atoms with Crippen LogP contribution in [0.15, 0.2) is 68.4 Å². The molecule has 12 heteroatoms. The Hall–Kier alpha value is -3.90. The molecule has 0 unspecified atom stereocenters. The lowest BCUT2D eigenvalue weighted by atomic mass is 10.0. The number of nitrogens with one attached hydrogen (secondary N) is 2. The normalized spacial score (nSPS) is 11.3. The molecule has 0 fully saturated rings. The van der Waals surface area contributed by atoms with Crippen molar-refractivity contribution < 1.29 is 9.47 Å². The van der Waals surface area contributed by atoms with Crippen LogP contribution in [0.2, 0.25) is 0 Å². The zero-order valence-corrected chi connectivity index (χ0v) is 25.0. The van der Waals surface area contributed by atoms with Gasteiger partial charge in [0, 0.05) is 36.7 Å². The van der Waals surface area contributed by atoms with Gasteiger partial charge in [0.25, 0.3) is 5.56 Å². The Morgan fingerprint density at radius 3 is 1.88 bits per heavy atom. The van der Waals surface area contributed by atoms with E-state index in [1.165, 1.54) is 11.6 Å². The molecule has 0 bridgehead atoms. The van der Waals surface area contributed by atoms with Crippen molar-refractivity contribution >= 4 is 34.7 Å². The molecular formula is C29H32N6O4S2. The van der Waals surface area contributed by atoms with Gasteiger partial charge in [0.15, 0.2) is 21.5 Å². The molecule has 0 radical (unpaired) electrons. The number of benzene rings is 2. The highest BCUT2D eigenvalue weighted by molar-refractivity contribution is 7.99. The van der Waals surface area contributed by atoms with Crippen LogP contribution >= 0.6 is 23.5 Å². The Bertz CT molecular complexity index is 1690. The van der Waals surface area contributed by atoms with E-state index in [-0.39, 0.29) is 11.2 Å². The van der Waals surface area contributed by atoms with Gasteiger partial charge >= 0.3 is 5.69 Å². The third-order valence-electron chi connectivity index (χ3n) is 6.76. The molecule has 5 rings (SSSR count). The molecule has 3 aromatic heterocycles. The summed E-state index contributed by atoms with van der Waals surface area (Å²) < 4.78 is 13.1. The molecule has 2 aromatic carbocycles. The van der Waals surface area contributed by atoms with Crippen molar-refractivity contribution in [2.45, 2.75) is 29.6 Å². The van der Waals surface area contributed by atoms with E-state index in [1.54, 1.807) is 44.8 Å². The first-order chi connectivity index (χ1) is 19.9. The molecule has 5 aromatic rings. The largest absolute Gasteiger partial charge is 0.497 e. The third-order valence-corrected chi connectivity index (χ3v) is 8.68. The molecule has 214 valence electrons. The van der Waals surface area contributed by atoms with Crippen LogP contribution in [0.5, 0.6) is 11.5 Å². The lowest BCUT2D eigenvalue weighted by Crippen LogP contribution is -2.36. The summed E-state index contributed by atoms with van der Waals surface area (Å²) in [5, 5.41) is 1.53. The second-order valence-electron chi connectivity index (χ2n) is 9.43. The molecular weight excluding hydrogens is 560 g/mol. The molecule has 0 aliphatic rings. The number of hydrogen-bond acceptors (Lipinski definition) is 8. The smallest absolute Gasteiger partial charge is 0.332 e. The van der Waals surface area contributed by atoms with Gasteiger partial charge in [-0.25, -0.2) is 14.8 Å². The number of nitrogens with zero attached hydrogens (tertiary/aromatic N) is 4. The second-order valence-corrected chi connectivity index (χ2v) is 11.6. The van der Waals surface area contributed by atoms with E-state index in [9.17, 15) is 9.59 Å². The average molecular weight is 593 g/mol. The van der Waals surface area contributed by atoms with E-state index in [4.69, 9.17) is 14.5 Å². The Kier molecular flexibility index (Phi) is 8.89. The number of thioether (sulfide) groups is 2. The summed E-state index contributed by atoms with van der Waals surface area (Å²) in [6.07, 6.45) is 3.10. The van der Waals surface area contributed by atoms with Gasteiger partial charge in [-0.2, -0.15) is 0 Å². The molecule has 0 aliphatic carbocycles. The molecule has 2 N–H and O–H groups in total. The summed E-state index contributed by atoms with van der Waals surface area (Å²) in [4.78, 5) is 40.5. The lowest BCUT2D eigenvalue weighted by Gasteiger charge is -2.06. The maximum atomic E-state index is 12.4. The summed E-state index contributed by atoms with van der Waals surface area (Å²) >= 11 is 3.27. The Labute approximate surface area is 245 Å².